The molecule has 27 heavy (non-hydrogen) atoms. The van der Waals surface area contributed by atoms with Crippen molar-refractivity contribution in [2.45, 2.75) is 71.4 Å². The third-order valence-corrected chi connectivity index (χ3v) is 5.03. The quantitative estimate of drug-likeness (QED) is 0.470. The van der Waals surface area contributed by atoms with Crippen molar-refractivity contribution in [3.8, 4) is 0 Å². The highest BCUT2D eigenvalue weighted by molar-refractivity contribution is 6.01. The van der Waals surface area contributed by atoms with E-state index in [0.29, 0.717) is 12.4 Å². The average Bonchev–Trinajstić information content (AvgIpc) is 3.24. The van der Waals surface area contributed by atoms with Gasteiger partial charge in [0.2, 0.25) is 5.90 Å². The zero-order valence-corrected chi connectivity index (χ0v) is 16.8. The van der Waals surface area contributed by atoms with Gasteiger partial charge in [0.1, 0.15) is 11.4 Å². The number of aliphatic imine (C=N–C) groups is 1. The van der Waals surface area contributed by atoms with Crippen LogP contribution in [0, 0.1) is 0 Å². The third kappa shape index (κ3) is 5.35. The minimum Gasteiger partial charge on any atom is -0.469 e. The number of nitrogens with zero attached hydrogens (tertiary/aromatic N) is 1. The van der Waals surface area contributed by atoms with Gasteiger partial charge in [0.05, 0.1) is 12.8 Å². The highest BCUT2D eigenvalue weighted by Gasteiger charge is 2.34. The molecule has 0 amide bonds. The molecule has 1 aliphatic heterocycles. The van der Waals surface area contributed by atoms with Crippen molar-refractivity contribution in [1.29, 1.82) is 0 Å². The number of unbranched alkanes of at least 4 members (excludes halogenated alkanes) is 4. The van der Waals surface area contributed by atoms with Crippen molar-refractivity contribution in [2.24, 2.45) is 4.99 Å². The van der Waals surface area contributed by atoms with Crippen LogP contribution >= 0.6 is 0 Å². The minimum atomic E-state index is -0.391. The smallest absolute Gasteiger partial charge is 0.210 e. The number of ether oxygens (including phenoxy) is 1. The SMILES string of the molecule is CCCCCCCc1cc(C2=CC(=NCc3ccccc3)OC2(C)C)co1. The van der Waals surface area contributed by atoms with E-state index in [4.69, 9.17) is 9.15 Å². The van der Waals surface area contributed by atoms with Gasteiger partial charge in [-0.05, 0) is 31.9 Å². The maximum absolute atomic E-state index is 6.09. The molecule has 1 aliphatic rings. The Labute approximate surface area is 163 Å². The summed E-state index contributed by atoms with van der Waals surface area (Å²) in [5.74, 6) is 1.76. The molecule has 0 spiro atoms. The van der Waals surface area contributed by atoms with E-state index in [1.165, 1.54) is 37.7 Å². The number of benzene rings is 1. The van der Waals surface area contributed by atoms with E-state index >= 15 is 0 Å². The Morgan fingerprint density at radius 3 is 2.56 bits per heavy atom. The molecule has 0 atom stereocenters. The summed E-state index contributed by atoms with van der Waals surface area (Å²) in [6.45, 7) is 7.04. The fraction of sp³-hybridized carbons (Fsp3) is 0.458. The van der Waals surface area contributed by atoms with E-state index in [1.54, 1.807) is 0 Å². The maximum Gasteiger partial charge on any atom is 0.210 e. The van der Waals surface area contributed by atoms with E-state index < -0.39 is 5.60 Å². The molecule has 0 saturated carbocycles. The predicted molar refractivity (Wildman–Crippen MR) is 112 cm³/mol. The highest BCUT2D eigenvalue weighted by atomic mass is 16.5. The van der Waals surface area contributed by atoms with E-state index in [-0.39, 0.29) is 0 Å². The normalized spacial score (nSPS) is 17.1. The highest BCUT2D eigenvalue weighted by Crippen LogP contribution is 2.36. The van der Waals surface area contributed by atoms with Crippen LogP contribution in [0.2, 0.25) is 0 Å². The third-order valence-electron chi connectivity index (χ3n) is 5.03. The van der Waals surface area contributed by atoms with Crippen LogP contribution in [0.4, 0.5) is 0 Å². The van der Waals surface area contributed by atoms with Gasteiger partial charge < -0.3 is 9.15 Å². The van der Waals surface area contributed by atoms with E-state index in [2.05, 4.69) is 50.0 Å². The predicted octanol–water partition coefficient (Wildman–Crippen LogP) is 6.58. The molecule has 0 saturated heterocycles. The van der Waals surface area contributed by atoms with Gasteiger partial charge >= 0.3 is 0 Å². The molecule has 0 unspecified atom stereocenters. The number of furan rings is 1. The number of rotatable bonds is 9. The fourth-order valence-corrected chi connectivity index (χ4v) is 3.46. The zero-order valence-electron chi connectivity index (χ0n) is 16.8. The first-order valence-corrected chi connectivity index (χ1v) is 10.2. The van der Waals surface area contributed by atoms with Crippen molar-refractivity contribution in [3.63, 3.8) is 0 Å². The molecule has 144 valence electrons. The lowest BCUT2D eigenvalue weighted by atomic mass is 9.94. The van der Waals surface area contributed by atoms with Gasteiger partial charge in [-0.1, -0.05) is 62.9 Å². The Hall–Kier alpha value is -2.29. The standard InChI is InChI=1S/C24H31NO2/c1-4-5-6-7-11-14-21-15-20(18-26-21)22-16-23(27-24(22,2)3)25-17-19-12-9-8-10-13-19/h8-10,12-13,15-16,18H,4-7,11,14,17H2,1-3H3. The lowest BCUT2D eigenvalue weighted by Crippen LogP contribution is -2.22. The van der Waals surface area contributed by atoms with Crippen LogP contribution < -0.4 is 0 Å². The summed E-state index contributed by atoms with van der Waals surface area (Å²) in [5, 5.41) is 0. The first kappa shape index (κ1) is 19.5. The number of hydrogen-bond donors (Lipinski definition) is 0. The van der Waals surface area contributed by atoms with Crippen molar-refractivity contribution in [2.75, 3.05) is 0 Å². The molecular weight excluding hydrogens is 334 g/mol. The molecule has 3 rings (SSSR count). The summed E-state index contributed by atoms with van der Waals surface area (Å²) in [7, 11) is 0. The molecule has 3 nitrogen and oxygen atoms in total. The topological polar surface area (TPSA) is 34.7 Å². The average molecular weight is 366 g/mol. The summed E-state index contributed by atoms with van der Waals surface area (Å²) in [6, 6.07) is 12.4. The molecule has 0 radical (unpaired) electrons. The molecular formula is C24H31NO2. The van der Waals surface area contributed by atoms with Gasteiger partial charge in [0.25, 0.3) is 0 Å². The van der Waals surface area contributed by atoms with Gasteiger partial charge in [0, 0.05) is 23.6 Å². The molecule has 1 aromatic heterocycles. The van der Waals surface area contributed by atoms with Crippen molar-refractivity contribution in [3.05, 3.63) is 65.6 Å². The second kappa shape index (κ2) is 9.07. The summed E-state index contributed by atoms with van der Waals surface area (Å²) < 4.78 is 11.9. The molecule has 2 heterocycles. The summed E-state index contributed by atoms with van der Waals surface area (Å²) in [5.41, 5.74) is 3.03. The summed E-state index contributed by atoms with van der Waals surface area (Å²) >= 11 is 0. The van der Waals surface area contributed by atoms with Crippen LogP contribution in [0.25, 0.3) is 5.57 Å². The van der Waals surface area contributed by atoms with Crippen molar-refractivity contribution < 1.29 is 9.15 Å². The lowest BCUT2D eigenvalue weighted by Gasteiger charge is -2.21. The Balaban J connectivity index is 1.64. The first-order valence-electron chi connectivity index (χ1n) is 10.2. The fourth-order valence-electron chi connectivity index (χ4n) is 3.46. The monoisotopic (exact) mass is 365 g/mol. The molecule has 2 aromatic rings. The van der Waals surface area contributed by atoms with Gasteiger partial charge in [-0.25, -0.2) is 4.99 Å². The van der Waals surface area contributed by atoms with Gasteiger partial charge in [-0.2, -0.15) is 0 Å². The summed E-state index contributed by atoms with van der Waals surface area (Å²) in [6.07, 6.45) is 11.3. The van der Waals surface area contributed by atoms with Crippen LogP contribution in [-0.2, 0) is 17.7 Å². The Kier molecular flexibility index (Phi) is 6.54. The van der Waals surface area contributed by atoms with E-state index in [1.807, 2.05) is 24.5 Å². The van der Waals surface area contributed by atoms with E-state index in [9.17, 15) is 0 Å². The van der Waals surface area contributed by atoms with E-state index in [0.717, 1.165) is 23.3 Å². The second-order valence-corrected chi connectivity index (χ2v) is 7.78. The van der Waals surface area contributed by atoms with Crippen LogP contribution in [0.1, 0.15) is 69.8 Å². The van der Waals surface area contributed by atoms with Gasteiger partial charge in [-0.3, -0.25) is 0 Å². The summed E-state index contributed by atoms with van der Waals surface area (Å²) in [4.78, 5) is 4.64. The Bertz CT molecular complexity index is 784. The Morgan fingerprint density at radius 1 is 1.00 bits per heavy atom. The molecule has 0 bridgehead atoms. The van der Waals surface area contributed by atoms with Crippen LogP contribution in [0.15, 0.2) is 58.1 Å². The zero-order chi connectivity index (χ0) is 19.1. The van der Waals surface area contributed by atoms with Crippen molar-refractivity contribution in [1.82, 2.24) is 0 Å². The molecule has 1 aromatic carbocycles. The lowest BCUT2D eigenvalue weighted by molar-refractivity contribution is 0.170. The molecule has 0 fully saturated rings. The maximum atomic E-state index is 6.09. The van der Waals surface area contributed by atoms with Gasteiger partial charge in [-0.15, -0.1) is 0 Å². The van der Waals surface area contributed by atoms with Crippen LogP contribution in [0.5, 0.6) is 0 Å². The number of aryl methyl sites for hydroxylation is 1. The second-order valence-electron chi connectivity index (χ2n) is 7.78. The van der Waals surface area contributed by atoms with Gasteiger partial charge in [0.15, 0.2) is 0 Å². The largest absolute Gasteiger partial charge is 0.469 e. The van der Waals surface area contributed by atoms with Crippen LogP contribution in [-0.4, -0.2) is 11.5 Å². The number of hydrogen-bond acceptors (Lipinski definition) is 3. The molecule has 0 aliphatic carbocycles. The van der Waals surface area contributed by atoms with Crippen LogP contribution in [0.3, 0.4) is 0 Å². The minimum absolute atomic E-state index is 0.391. The van der Waals surface area contributed by atoms with Crippen molar-refractivity contribution >= 4 is 11.5 Å². The molecule has 0 N–H and O–H groups in total. The molecule has 3 heteroatoms. The Morgan fingerprint density at radius 2 is 1.78 bits per heavy atom. The first-order chi connectivity index (χ1) is 13.1.